The Balaban J connectivity index is 0.00000259. The van der Waals surface area contributed by atoms with Gasteiger partial charge in [-0.25, -0.2) is 0 Å². The molecule has 2 heteroatoms. The zero-order chi connectivity index (χ0) is 22.1. The van der Waals surface area contributed by atoms with Gasteiger partial charge >= 0.3 is 0 Å². The van der Waals surface area contributed by atoms with Gasteiger partial charge in [-0.1, -0.05) is 78.9 Å². The lowest BCUT2D eigenvalue weighted by Gasteiger charge is -2.23. The van der Waals surface area contributed by atoms with E-state index < -0.39 is 0 Å². The summed E-state index contributed by atoms with van der Waals surface area (Å²) in [6.45, 7) is 0. The van der Waals surface area contributed by atoms with Crippen LogP contribution in [0.15, 0.2) is 115 Å². The first kappa shape index (κ1) is 23.2. The minimum Gasteiger partial charge on any atom is -1.00 e. The molecule has 33 heavy (non-hydrogen) atoms. The smallest absolute Gasteiger partial charge is 0.132 e. The van der Waals surface area contributed by atoms with Gasteiger partial charge in [0.15, 0.2) is 0 Å². The van der Waals surface area contributed by atoms with Gasteiger partial charge in [0.1, 0.15) is 5.69 Å². The molecule has 5 aromatic rings. The van der Waals surface area contributed by atoms with Crippen molar-refractivity contribution in [3.05, 3.63) is 115 Å². The average molecular weight is 541 g/mol. The first-order valence-electron chi connectivity index (χ1n) is 11.1. The molecule has 0 fully saturated rings. The van der Waals surface area contributed by atoms with Crippen molar-refractivity contribution in [2.45, 2.75) is 0 Å². The zero-order valence-electron chi connectivity index (χ0n) is 19.3. The summed E-state index contributed by atoms with van der Waals surface area (Å²) < 4.78 is 0.823. The van der Waals surface area contributed by atoms with Crippen LogP contribution in [0.1, 0.15) is 0 Å². The fraction of sp³-hybridized carbons (Fsp3) is 0.0968. The molecule has 0 aromatic heterocycles. The lowest BCUT2D eigenvalue weighted by Crippen LogP contribution is -3.00. The fourth-order valence-electron chi connectivity index (χ4n) is 4.31. The quantitative estimate of drug-likeness (QED) is 0.221. The highest BCUT2D eigenvalue weighted by molar-refractivity contribution is 5.99. The van der Waals surface area contributed by atoms with Crippen LogP contribution in [0.25, 0.3) is 44.2 Å². The van der Waals surface area contributed by atoms with Crippen molar-refractivity contribution < 1.29 is 24.0 Å². The molecular formula is C31H28IN. The fourth-order valence-corrected chi connectivity index (χ4v) is 4.31. The highest BCUT2D eigenvalue weighted by Crippen LogP contribution is 2.34. The normalized spacial score (nSPS) is 11.2. The highest BCUT2D eigenvalue weighted by Gasteiger charge is 2.12. The summed E-state index contributed by atoms with van der Waals surface area (Å²) >= 11 is 0. The molecule has 0 saturated carbocycles. The SMILES string of the molecule is C[N+](C)(C)c1ccc(-c2ccc3c(-c4cccc(-c5ccccc5)c4)cccc3c2)cc1.[I-]. The van der Waals surface area contributed by atoms with Crippen molar-refractivity contribution in [3.8, 4) is 33.4 Å². The third-order valence-corrected chi connectivity index (χ3v) is 6.14. The monoisotopic (exact) mass is 541 g/mol. The Morgan fingerprint density at radius 2 is 1.03 bits per heavy atom. The predicted molar refractivity (Wildman–Crippen MR) is 140 cm³/mol. The lowest BCUT2D eigenvalue weighted by molar-refractivity contribution is -0.00000639. The third kappa shape index (κ3) is 4.87. The van der Waals surface area contributed by atoms with Gasteiger partial charge < -0.3 is 24.0 Å². The number of fused-ring (bicyclic) bond motifs is 1. The van der Waals surface area contributed by atoms with E-state index in [1.807, 2.05) is 0 Å². The van der Waals surface area contributed by atoms with E-state index in [0.717, 1.165) is 4.48 Å². The van der Waals surface area contributed by atoms with Crippen molar-refractivity contribution in [2.75, 3.05) is 21.1 Å². The summed E-state index contributed by atoms with van der Waals surface area (Å²) in [5.74, 6) is 0. The van der Waals surface area contributed by atoms with E-state index in [0.29, 0.717) is 0 Å². The molecule has 5 rings (SSSR count). The van der Waals surface area contributed by atoms with E-state index in [1.54, 1.807) is 0 Å². The molecular weight excluding hydrogens is 513 g/mol. The van der Waals surface area contributed by atoms with Crippen molar-refractivity contribution >= 4 is 16.5 Å². The summed E-state index contributed by atoms with van der Waals surface area (Å²) in [6.07, 6.45) is 0. The summed E-state index contributed by atoms with van der Waals surface area (Å²) in [7, 11) is 6.58. The van der Waals surface area contributed by atoms with Gasteiger partial charge in [0.25, 0.3) is 0 Å². The van der Waals surface area contributed by atoms with E-state index in [2.05, 4.69) is 136 Å². The van der Waals surface area contributed by atoms with Gasteiger partial charge in [-0.05, 0) is 80.6 Å². The van der Waals surface area contributed by atoms with Gasteiger partial charge in [-0.3, -0.25) is 4.48 Å². The van der Waals surface area contributed by atoms with Gasteiger partial charge in [0.05, 0.1) is 21.1 Å². The Hall–Kier alpha value is -2.95. The summed E-state index contributed by atoms with van der Waals surface area (Å²) in [6, 6.07) is 41.7. The highest BCUT2D eigenvalue weighted by atomic mass is 127. The van der Waals surface area contributed by atoms with E-state index in [9.17, 15) is 0 Å². The summed E-state index contributed by atoms with van der Waals surface area (Å²) in [4.78, 5) is 0. The molecule has 0 aliphatic heterocycles. The second-order valence-corrected chi connectivity index (χ2v) is 9.25. The van der Waals surface area contributed by atoms with Crippen LogP contribution < -0.4 is 28.5 Å². The number of hydrogen-bond donors (Lipinski definition) is 0. The molecule has 0 aliphatic rings. The lowest BCUT2D eigenvalue weighted by atomic mass is 9.93. The number of quaternary nitrogens is 1. The zero-order valence-corrected chi connectivity index (χ0v) is 21.5. The van der Waals surface area contributed by atoms with Gasteiger partial charge in [0, 0.05) is 0 Å². The number of nitrogens with zero attached hydrogens (tertiary/aromatic N) is 1. The number of benzene rings is 5. The molecule has 0 bridgehead atoms. The van der Waals surface area contributed by atoms with Crippen molar-refractivity contribution in [1.29, 1.82) is 0 Å². The first-order valence-corrected chi connectivity index (χ1v) is 11.1. The molecule has 5 aromatic carbocycles. The van der Waals surface area contributed by atoms with E-state index >= 15 is 0 Å². The molecule has 0 radical (unpaired) electrons. The molecule has 0 atom stereocenters. The number of hydrogen-bond acceptors (Lipinski definition) is 0. The molecule has 0 aliphatic carbocycles. The molecule has 0 unspecified atom stereocenters. The molecule has 0 N–H and O–H groups in total. The minimum atomic E-state index is 0. The van der Waals surface area contributed by atoms with Crippen LogP contribution >= 0.6 is 0 Å². The van der Waals surface area contributed by atoms with Crippen molar-refractivity contribution in [3.63, 3.8) is 0 Å². The van der Waals surface area contributed by atoms with Gasteiger partial charge in [-0.2, -0.15) is 0 Å². The second kappa shape index (κ2) is 9.50. The van der Waals surface area contributed by atoms with Crippen LogP contribution in [0.5, 0.6) is 0 Å². The Morgan fingerprint density at radius 1 is 0.455 bits per heavy atom. The van der Waals surface area contributed by atoms with E-state index in [1.165, 1.54) is 49.8 Å². The van der Waals surface area contributed by atoms with E-state index in [-0.39, 0.29) is 24.0 Å². The van der Waals surface area contributed by atoms with Crippen molar-refractivity contribution in [1.82, 2.24) is 4.48 Å². The average Bonchev–Trinajstić information content (AvgIpc) is 2.83. The van der Waals surface area contributed by atoms with Crippen LogP contribution in [0.3, 0.4) is 0 Å². The standard InChI is InChI=1S/C31H28N.HI/c1-32(2,3)29-18-15-24(16-19-29)26-17-20-31-28(22-26)13-8-14-30(31)27-12-7-11-25(21-27)23-9-5-4-6-10-23;/h4-22H,1-3H3;1H/q+1;/p-1. The molecule has 164 valence electrons. The molecule has 0 spiro atoms. The molecule has 0 amide bonds. The minimum absolute atomic E-state index is 0. The van der Waals surface area contributed by atoms with Crippen LogP contribution in [0.2, 0.25) is 0 Å². The largest absolute Gasteiger partial charge is 1.00 e. The van der Waals surface area contributed by atoms with E-state index in [4.69, 9.17) is 0 Å². The van der Waals surface area contributed by atoms with Crippen LogP contribution in [0, 0.1) is 0 Å². The van der Waals surface area contributed by atoms with Crippen molar-refractivity contribution in [2.24, 2.45) is 0 Å². The van der Waals surface area contributed by atoms with Gasteiger partial charge in [-0.15, -0.1) is 0 Å². The van der Waals surface area contributed by atoms with Crippen LogP contribution in [-0.2, 0) is 0 Å². The number of halogens is 1. The predicted octanol–water partition coefficient (Wildman–Crippen LogP) is 5.04. The Labute approximate surface area is 213 Å². The molecule has 0 saturated heterocycles. The summed E-state index contributed by atoms with van der Waals surface area (Å²) in [5.41, 5.74) is 8.81. The third-order valence-electron chi connectivity index (χ3n) is 6.14. The maximum absolute atomic E-state index is 2.31. The second-order valence-electron chi connectivity index (χ2n) is 9.25. The Kier molecular flexibility index (Phi) is 6.68. The summed E-state index contributed by atoms with van der Waals surface area (Å²) in [5, 5.41) is 2.55. The number of rotatable bonds is 4. The van der Waals surface area contributed by atoms with Crippen LogP contribution in [0.4, 0.5) is 5.69 Å². The Morgan fingerprint density at radius 3 is 1.76 bits per heavy atom. The first-order chi connectivity index (χ1) is 15.5. The molecule has 1 nitrogen and oxygen atoms in total. The van der Waals surface area contributed by atoms with Crippen LogP contribution in [-0.4, -0.2) is 21.1 Å². The molecule has 0 heterocycles. The van der Waals surface area contributed by atoms with Gasteiger partial charge in [0.2, 0.25) is 0 Å². The topological polar surface area (TPSA) is 0 Å². The maximum atomic E-state index is 2.31. The maximum Gasteiger partial charge on any atom is 0.132 e. The Bertz CT molecular complexity index is 1380.